The van der Waals surface area contributed by atoms with Gasteiger partial charge >= 0.3 is 5.97 Å². The number of aromatic amines is 1. The number of esters is 1. The monoisotopic (exact) mass is 404 g/mol. The molecule has 1 N–H and O–H groups in total. The lowest BCUT2D eigenvalue weighted by Gasteiger charge is -2.28. The van der Waals surface area contributed by atoms with E-state index >= 15 is 0 Å². The molecule has 148 valence electrons. The number of ether oxygens (including phenoxy) is 1. The van der Waals surface area contributed by atoms with Gasteiger partial charge < -0.3 is 14.6 Å². The molecular formula is C19H20N2O6S. The summed E-state index contributed by atoms with van der Waals surface area (Å²) in [7, 11) is -3.20. The Labute approximate surface area is 162 Å². The summed E-state index contributed by atoms with van der Waals surface area (Å²) in [6.07, 6.45) is 1.72. The van der Waals surface area contributed by atoms with Crippen LogP contribution in [0.3, 0.4) is 0 Å². The molecule has 1 aliphatic heterocycles. The molecule has 0 saturated carbocycles. The maximum absolute atomic E-state index is 12.8. The number of amides is 1. The van der Waals surface area contributed by atoms with Crippen LogP contribution < -0.4 is 4.90 Å². The molecular weight excluding hydrogens is 384 g/mol. The maximum Gasteiger partial charge on any atom is 0.355 e. The molecule has 0 aliphatic carbocycles. The highest BCUT2D eigenvalue weighted by Crippen LogP contribution is 2.24. The van der Waals surface area contributed by atoms with Crippen LogP contribution in [0.15, 0.2) is 42.6 Å². The summed E-state index contributed by atoms with van der Waals surface area (Å²) in [4.78, 5) is 40.2. The molecule has 1 saturated heterocycles. The van der Waals surface area contributed by atoms with Crippen LogP contribution in [0.5, 0.6) is 0 Å². The second-order valence-corrected chi connectivity index (χ2v) is 8.82. The largest absolute Gasteiger partial charge is 0.451 e. The van der Waals surface area contributed by atoms with Gasteiger partial charge in [-0.05, 0) is 31.5 Å². The molecule has 1 aromatic carbocycles. The fourth-order valence-corrected chi connectivity index (χ4v) is 4.82. The highest BCUT2D eigenvalue weighted by atomic mass is 32.2. The number of carbonyl (C=O) groups is 3. The standard InChI is InChI=1S/C19H20N2O6S/c1-13(22)14-9-17(20-10-14)19(24)27-11-18(23)21(15-5-3-2-4-6-15)16-7-8-28(25,26)12-16/h2-6,9-10,16,20H,7-8,11-12H2,1H3/t16-/m1/s1. The molecule has 1 atom stereocenters. The number of nitrogens with one attached hydrogen (secondary N) is 1. The van der Waals surface area contributed by atoms with E-state index in [0.29, 0.717) is 17.7 Å². The van der Waals surface area contributed by atoms with E-state index in [-0.39, 0.29) is 23.0 Å². The van der Waals surface area contributed by atoms with Crippen molar-refractivity contribution < 1.29 is 27.5 Å². The highest BCUT2D eigenvalue weighted by Gasteiger charge is 2.35. The lowest BCUT2D eigenvalue weighted by Crippen LogP contribution is -2.43. The minimum absolute atomic E-state index is 0.0182. The van der Waals surface area contributed by atoms with Gasteiger partial charge in [-0.2, -0.15) is 0 Å². The normalized spacial score (nSPS) is 17.8. The molecule has 8 nitrogen and oxygen atoms in total. The van der Waals surface area contributed by atoms with Crippen molar-refractivity contribution >= 4 is 33.2 Å². The van der Waals surface area contributed by atoms with Gasteiger partial charge in [0.05, 0.1) is 17.5 Å². The number of nitrogens with zero attached hydrogens (tertiary/aromatic N) is 1. The zero-order valence-electron chi connectivity index (χ0n) is 15.3. The first kappa shape index (κ1) is 19.8. The third-order valence-corrected chi connectivity index (χ3v) is 6.26. The van der Waals surface area contributed by atoms with Crippen molar-refractivity contribution in [2.24, 2.45) is 0 Å². The van der Waals surface area contributed by atoms with Crippen molar-refractivity contribution in [1.29, 1.82) is 0 Å². The van der Waals surface area contributed by atoms with Crippen LogP contribution in [0.1, 0.15) is 34.2 Å². The van der Waals surface area contributed by atoms with Crippen molar-refractivity contribution in [2.75, 3.05) is 23.0 Å². The van der Waals surface area contributed by atoms with Crippen LogP contribution in [0.4, 0.5) is 5.69 Å². The summed E-state index contributed by atoms with van der Waals surface area (Å²) in [6, 6.07) is 9.53. The number of carbonyl (C=O) groups excluding carboxylic acids is 3. The number of Topliss-reactive ketones (excluding diaryl/α,β-unsaturated/α-hetero) is 1. The summed E-state index contributed by atoms with van der Waals surface area (Å²) >= 11 is 0. The Bertz CT molecular complexity index is 996. The van der Waals surface area contributed by atoms with Crippen molar-refractivity contribution in [3.8, 4) is 0 Å². The molecule has 1 aromatic heterocycles. The average molecular weight is 404 g/mol. The fourth-order valence-electron chi connectivity index (χ4n) is 3.12. The second-order valence-electron chi connectivity index (χ2n) is 6.59. The Morgan fingerprint density at radius 2 is 1.93 bits per heavy atom. The predicted octanol–water partition coefficient (Wildman–Crippen LogP) is 1.59. The van der Waals surface area contributed by atoms with Crippen LogP contribution in [0.2, 0.25) is 0 Å². The molecule has 0 unspecified atom stereocenters. The first-order chi connectivity index (χ1) is 13.3. The third kappa shape index (κ3) is 4.48. The maximum atomic E-state index is 12.8. The highest BCUT2D eigenvalue weighted by molar-refractivity contribution is 7.91. The van der Waals surface area contributed by atoms with Crippen LogP contribution in [-0.2, 0) is 19.4 Å². The first-order valence-corrected chi connectivity index (χ1v) is 10.5. The van der Waals surface area contributed by atoms with E-state index in [1.165, 1.54) is 24.1 Å². The number of ketones is 1. The van der Waals surface area contributed by atoms with E-state index in [2.05, 4.69) is 4.98 Å². The number of aromatic nitrogens is 1. The van der Waals surface area contributed by atoms with Gasteiger partial charge in [0.1, 0.15) is 5.69 Å². The van der Waals surface area contributed by atoms with Gasteiger partial charge in [0, 0.05) is 17.4 Å². The number of benzene rings is 1. The SMILES string of the molecule is CC(=O)c1c[nH]c(C(=O)OCC(=O)N(c2ccccc2)[C@@H]2CCS(=O)(=O)C2)c1. The van der Waals surface area contributed by atoms with Gasteiger partial charge in [0.25, 0.3) is 5.91 Å². The number of para-hydroxylation sites is 1. The number of hydrogen-bond donors (Lipinski definition) is 1. The van der Waals surface area contributed by atoms with E-state index < -0.39 is 34.4 Å². The number of rotatable bonds is 6. The molecule has 0 bridgehead atoms. The smallest absolute Gasteiger partial charge is 0.355 e. The third-order valence-electron chi connectivity index (χ3n) is 4.51. The molecule has 0 spiro atoms. The summed E-state index contributed by atoms with van der Waals surface area (Å²) in [5.41, 5.74) is 0.942. The zero-order chi connectivity index (χ0) is 20.3. The van der Waals surface area contributed by atoms with Crippen LogP contribution in [0.25, 0.3) is 0 Å². The molecule has 3 rings (SSSR count). The number of hydrogen-bond acceptors (Lipinski definition) is 6. The van der Waals surface area contributed by atoms with Crippen molar-refractivity contribution in [3.63, 3.8) is 0 Å². The average Bonchev–Trinajstić information content (AvgIpc) is 3.28. The van der Waals surface area contributed by atoms with E-state index in [0.717, 1.165) is 0 Å². The minimum Gasteiger partial charge on any atom is -0.451 e. The van der Waals surface area contributed by atoms with E-state index in [9.17, 15) is 22.8 Å². The molecule has 1 aliphatic rings. The molecule has 2 heterocycles. The van der Waals surface area contributed by atoms with Crippen LogP contribution >= 0.6 is 0 Å². The Morgan fingerprint density at radius 3 is 2.50 bits per heavy atom. The molecule has 1 amide bonds. The number of anilines is 1. The predicted molar refractivity (Wildman–Crippen MR) is 102 cm³/mol. The second kappa shape index (κ2) is 7.97. The lowest BCUT2D eigenvalue weighted by molar-refractivity contribution is -0.122. The van der Waals surface area contributed by atoms with Crippen molar-refractivity contribution in [2.45, 2.75) is 19.4 Å². The summed E-state index contributed by atoms with van der Waals surface area (Å²) in [5, 5.41) is 0. The van der Waals surface area contributed by atoms with Gasteiger partial charge in [-0.15, -0.1) is 0 Å². The minimum atomic E-state index is -3.20. The lowest BCUT2D eigenvalue weighted by atomic mass is 10.2. The van der Waals surface area contributed by atoms with Crippen molar-refractivity contribution in [1.82, 2.24) is 4.98 Å². The van der Waals surface area contributed by atoms with Gasteiger partial charge in [0.2, 0.25) is 0 Å². The summed E-state index contributed by atoms with van der Waals surface area (Å²) in [5.74, 6) is -1.60. The first-order valence-electron chi connectivity index (χ1n) is 8.71. The van der Waals surface area contributed by atoms with Gasteiger partial charge in [-0.25, -0.2) is 13.2 Å². The van der Waals surface area contributed by atoms with Gasteiger partial charge in [0.15, 0.2) is 22.2 Å². The Morgan fingerprint density at radius 1 is 1.21 bits per heavy atom. The quantitative estimate of drug-likeness (QED) is 0.578. The number of H-pyrrole nitrogens is 1. The Hall–Kier alpha value is -2.94. The van der Waals surface area contributed by atoms with E-state index in [4.69, 9.17) is 4.74 Å². The van der Waals surface area contributed by atoms with Crippen LogP contribution in [0, 0.1) is 0 Å². The van der Waals surface area contributed by atoms with E-state index in [1.807, 2.05) is 0 Å². The van der Waals surface area contributed by atoms with Gasteiger partial charge in [-0.1, -0.05) is 18.2 Å². The Balaban J connectivity index is 1.72. The summed E-state index contributed by atoms with van der Waals surface area (Å²) in [6.45, 7) is 0.827. The Kier molecular flexibility index (Phi) is 5.64. The van der Waals surface area contributed by atoms with Crippen molar-refractivity contribution in [3.05, 3.63) is 53.9 Å². The zero-order valence-corrected chi connectivity index (χ0v) is 16.1. The summed E-state index contributed by atoms with van der Waals surface area (Å²) < 4.78 is 28.8. The number of sulfone groups is 1. The molecule has 9 heteroatoms. The van der Waals surface area contributed by atoms with Gasteiger partial charge in [-0.3, -0.25) is 9.59 Å². The molecule has 1 fully saturated rings. The fraction of sp³-hybridized carbons (Fsp3) is 0.316. The molecule has 0 radical (unpaired) electrons. The topological polar surface area (TPSA) is 114 Å². The van der Waals surface area contributed by atoms with Crippen LogP contribution in [-0.4, -0.2) is 55.2 Å². The molecule has 28 heavy (non-hydrogen) atoms. The van der Waals surface area contributed by atoms with E-state index in [1.54, 1.807) is 30.3 Å². The molecule has 2 aromatic rings.